The first-order chi connectivity index (χ1) is 10.8. The van der Waals surface area contributed by atoms with Gasteiger partial charge in [0.15, 0.2) is 5.96 Å². The molecule has 0 spiro atoms. The monoisotopic (exact) mass is 436 g/mol. The zero-order valence-electron chi connectivity index (χ0n) is 14.4. The fraction of sp³-hybridized carbons (Fsp3) is 0.882. The smallest absolute Gasteiger partial charge is 0.220 e. The summed E-state index contributed by atoms with van der Waals surface area (Å²) in [5.74, 6) is 1.69. The minimum atomic E-state index is 0. The van der Waals surface area contributed by atoms with Crippen molar-refractivity contribution in [3.05, 3.63) is 0 Å². The highest BCUT2D eigenvalue weighted by atomic mass is 127. The van der Waals surface area contributed by atoms with Crippen molar-refractivity contribution in [1.29, 1.82) is 0 Å². The molecule has 2 rings (SSSR count). The standard InChI is InChI=1S/C17H32N4O.HI/c1-2-18-17(21-15-9-5-6-10-15)20-12-11-19-16(22)13-14-7-3-4-8-14;/h14-15H,2-13H2,1H3,(H,19,22)(H2,18,20,21);1H. The molecule has 0 aliphatic heterocycles. The molecule has 0 saturated heterocycles. The summed E-state index contributed by atoms with van der Waals surface area (Å²) in [7, 11) is 0. The van der Waals surface area contributed by atoms with Gasteiger partial charge in [-0.1, -0.05) is 25.7 Å². The van der Waals surface area contributed by atoms with Gasteiger partial charge >= 0.3 is 0 Å². The number of guanidine groups is 1. The molecule has 1 amide bonds. The summed E-state index contributed by atoms with van der Waals surface area (Å²) < 4.78 is 0. The summed E-state index contributed by atoms with van der Waals surface area (Å²) >= 11 is 0. The first kappa shape index (κ1) is 20.5. The SMILES string of the molecule is CCNC(=NCCNC(=O)CC1CCCC1)NC1CCCC1.I. The number of nitrogens with zero attached hydrogens (tertiary/aromatic N) is 1. The van der Waals surface area contributed by atoms with Crippen LogP contribution in [0.5, 0.6) is 0 Å². The summed E-state index contributed by atoms with van der Waals surface area (Å²) in [6.45, 7) is 4.22. The zero-order valence-corrected chi connectivity index (χ0v) is 16.7. The van der Waals surface area contributed by atoms with Crippen molar-refractivity contribution < 1.29 is 4.79 Å². The van der Waals surface area contributed by atoms with Crippen molar-refractivity contribution in [2.24, 2.45) is 10.9 Å². The molecule has 6 heteroatoms. The Hall–Kier alpha value is -0.530. The number of carbonyl (C=O) groups excluding carboxylic acids is 1. The maximum Gasteiger partial charge on any atom is 0.220 e. The Morgan fingerprint density at radius 1 is 1.04 bits per heavy atom. The number of aliphatic imine (C=N–C) groups is 1. The number of carbonyl (C=O) groups is 1. The van der Waals surface area contributed by atoms with E-state index in [-0.39, 0.29) is 29.9 Å². The third-order valence-electron chi connectivity index (χ3n) is 4.69. The topological polar surface area (TPSA) is 65.5 Å². The summed E-state index contributed by atoms with van der Waals surface area (Å²) in [5, 5.41) is 9.77. The van der Waals surface area contributed by atoms with Crippen LogP contribution in [0.4, 0.5) is 0 Å². The summed E-state index contributed by atoms with van der Waals surface area (Å²) in [6.07, 6.45) is 10.8. The molecule has 0 heterocycles. The second kappa shape index (κ2) is 11.9. The third kappa shape index (κ3) is 8.22. The molecule has 0 aromatic rings. The van der Waals surface area contributed by atoms with Gasteiger partial charge in [0.25, 0.3) is 0 Å². The van der Waals surface area contributed by atoms with Gasteiger partial charge in [0.1, 0.15) is 0 Å². The van der Waals surface area contributed by atoms with Crippen LogP contribution >= 0.6 is 24.0 Å². The number of halogens is 1. The van der Waals surface area contributed by atoms with Gasteiger partial charge in [-0.05, 0) is 38.5 Å². The fourth-order valence-electron chi connectivity index (χ4n) is 3.50. The van der Waals surface area contributed by atoms with Crippen molar-refractivity contribution in [3.63, 3.8) is 0 Å². The molecule has 134 valence electrons. The molecular weight excluding hydrogens is 403 g/mol. The van der Waals surface area contributed by atoms with Crippen LogP contribution in [0.25, 0.3) is 0 Å². The van der Waals surface area contributed by atoms with Gasteiger partial charge in [-0.2, -0.15) is 0 Å². The molecule has 0 unspecified atom stereocenters. The maximum absolute atomic E-state index is 11.9. The minimum absolute atomic E-state index is 0. The van der Waals surface area contributed by atoms with E-state index in [0.29, 0.717) is 31.5 Å². The second-order valence-electron chi connectivity index (χ2n) is 6.59. The normalized spacial score (nSPS) is 19.4. The lowest BCUT2D eigenvalue weighted by Gasteiger charge is -2.16. The van der Waals surface area contributed by atoms with E-state index in [1.54, 1.807) is 0 Å². The number of rotatable bonds is 7. The van der Waals surface area contributed by atoms with Crippen molar-refractivity contribution in [3.8, 4) is 0 Å². The van der Waals surface area contributed by atoms with Crippen LogP contribution < -0.4 is 16.0 Å². The van der Waals surface area contributed by atoms with Crippen LogP contribution in [0.15, 0.2) is 4.99 Å². The van der Waals surface area contributed by atoms with Crippen molar-refractivity contribution in [2.75, 3.05) is 19.6 Å². The van der Waals surface area contributed by atoms with Gasteiger partial charge in [0.2, 0.25) is 5.91 Å². The van der Waals surface area contributed by atoms with E-state index in [9.17, 15) is 4.79 Å². The molecule has 2 fully saturated rings. The number of nitrogens with one attached hydrogen (secondary N) is 3. The van der Waals surface area contributed by atoms with Crippen molar-refractivity contribution in [1.82, 2.24) is 16.0 Å². The third-order valence-corrected chi connectivity index (χ3v) is 4.69. The molecule has 0 aromatic heterocycles. The predicted octanol–water partition coefficient (Wildman–Crippen LogP) is 2.80. The number of hydrogen-bond donors (Lipinski definition) is 3. The minimum Gasteiger partial charge on any atom is -0.357 e. The highest BCUT2D eigenvalue weighted by Gasteiger charge is 2.18. The van der Waals surface area contributed by atoms with Crippen LogP contribution in [-0.4, -0.2) is 37.5 Å². The Bertz CT molecular complexity index is 364. The molecular formula is C17H33IN4O. The quantitative estimate of drug-likeness (QED) is 0.249. The lowest BCUT2D eigenvalue weighted by molar-refractivity contribution is -0.121. The molecule has 2 aliphatic rings. The van der Waals surface area contributed by atoms with Crippen molar-refractivity contribution in [2.45, 2.75) is 70.8 Å². The molecule has 0 radical (unpaired) electrons. The predicted molar refractivity (Wildman–Crippen MR) is 106 cm³/mol. The zero-order chi connectivity index (χ0) is 15.6. The fourth-order valence-corrected chi connectivity index (χ4v) is 3.50. The van der Waals surface area contributed by atoms with Crippen LogP contribution in [0, 0.1) is 5.92 Å². The van der Waals surface area contributed by atoms with Crippen LogP contribution in [-0.2, 0) is 4.79 Å². The Morgan fingerprint density at radius 2 is 1.70 bits per heavy atom. The summed E-state index contributed by atoms with van der Waals surface area (Å²) in [4.78, 5) is 16.4. The van der Waals surface area contributed by atoms with Crippen LogP contribution in [0.2, 0.25) is 0 Å². The van der Waals surface area contributed by atoms with E-state index in [4.69, 9.17) is 0 Å². The van der Waals surface area contributed by atoms with Crippen LogP contribution in [0.3, 0.4) is 0 Å². The average Bonchev–Trinajstić information content (AvgIpc) is 3.17. The molecule has 0 aromatic carbocycles. The molecule has 0 bridgehead atoms. The van der Waals surface area contributed by atoms with E-state index in [0.717, 1.165) is 12.5 Å². The molecule has 0 atom stereocenters. The number of amides is 1. The highest BCUT2D eigenvalue weighted by Crippen LogP contribution is 2.27. The molecule has 5 nitrogen and oxygen atoms in total. The molecule has 3 N–H and O–H groups in total. The molecule has 2 aliphatic carbocycles. The average molecular weight is 436 g/mol. The van der Waals surface area contributed by atoms with Crippen molar-refractivity contribution >= 4 is 35.8 Å². The van der Waals surface area contributed by atoms with Crippen LogP contribution in [0.1, 0.15) is 64.7 Å². The Labute approximate surface area is 157 Å². The van der Waals surface area contributed by atoms with E-state index >= 15 is 0 Å². The van der Waals surface area contributed by atoms with Gasteiger partial charge in [0, 0.05) is 25.6 Å². The van der Waals surface area contributed by atoms with E-state index in [1.807, 2.05) is 0 Å². The highest BCUT2D eigenvalue weighted by molar-refractivity contribution is 14.0. The van der Waals surface area contributed by atoms with E-state index in [1.165, 1.54) is 51.4 Å². The summed E-state index contributed by atoms with van der Waals surface area (Å²) in [5.41, 5.74) is 0. The Kier molecular flexibility index (Phi) is 10.6. The van der Waals surface area contributed by atoms with Gasteiger partial charge in [-0.3, -0.25) is 9.79 Å². The first-order valence-electron chi connectivity index (χ1n) is 9.09. The first-order valence-corrected chi connectivity index (χ1v) is 9.09. The van der Waals surface area contributed by atoms with E-state index < -0.39 is 0 Å². The van der Waals surface area contributed by atoms with Gasteiger partial charge in [-0.25, -0.2) is 0 Å². The summed E-state index contributed by atoms with van der Waals surface area (Å²) in [6, 6.07) is 0.565. The lowest BCUT2D eigenvalue weighted by atomic mass is 10.0. The largest absolute Gasteiger partial charge is 0.357 e. The molecule has 23 heavy (non-hydrogen) atoms. The van der Waals surface area contributed by atoms with Gasteiger partial charge < -0.3 is 16.0 Å². The Morgan fingerprint density at radius 3 is 2.35 bits per heavy atom. The number of hydrogen-bond acceptors (Lipinski definition) is 2. The van der Waals surface area contributed by atoms with Gasteiger partial charge in [-0.15, -0.1) is 24.0 Å². The molecule has 2 saturated carbocycles. The van der Waals surface area contributed by atoms with E-state index in [2.05, 4.69) is 27.9 Å². The Balaban J connectivity index is 0.00000264. The van der Waals surface area contributed by atoms with Gasteiger partial charge in [0.05, 0.1) is 6.54 Å². The second-order valence-corrected chi connectivity index (χ2v) is 6.59. The lowest BCUT2D eigenvalue weighted by Crippen LogP contribution is -2.42. The maximum atomic E-state index is 11.9.